The number of carbonyl (C=O) groups is 1. The summed E-state index contributed by atoms with van der Waals surface area (Å²) in [5.41, 5.74) is 6.94. The van der Waals surface area contributed by atoms with Crippen molar-refractivity contribution in [3.8, 4) is 0 Å². The van der Waals surface area contributed by atoms with E-state index in [0.29, 0.717) is 29.5 Å². The summed E-state index contributed by atoms with van der Waals surface area (Å²) in [6.07, 6.45) is 0. The number of nitrogen functional groups attached to an aromatic ring is 1. The van der Waals surface area contributed by atoms with Gasteiger partial charge in [0.2, 0.25) is 5.89 Å². The summed E-state index contributed by atoms with van der Waals surface area (Å²) in [4.78, 5) is 18.8. The SMILES string of the molecule is Cc1ccc(N)cc1C(=O)NC(C)(C)c1noc(CN(C)C)n1. The lowest BCUT2D eigenvalue weighted by Gasteiger charge is -2.23. The van der Waals surface area contributed by atoms with Crippen LogP contribution in [-0.4, -0.2) is 35.0 Å². The van der Waals surface area contributed by atoms with E-state index in [1.54, 1.807) is 12.1 Å². The van der Waals surface area contributed by atoms with Crippen LogP contribution in [0, 0.1) is 6.92 Å². The highest BCUT2D eigenvalue weighted by Crippen LogP contribution is 2.20. The molecule has 2 rings (SSSR count). The van der Waals surface area contributed by atoms with Crippen molar-refractivity contribution in [3.63, 3.8) is 0 Å². The molecule has 2 aromatic rings. The topological polar surface area (TPSA) is 97.3 Å². The molecule has 0 aliphatic carbocycles. The van der Waals surface area contributed by atoms with Gasteiger partial charge in [0.05, 0.1) is 12.1 Å². The molecule has 7 nitrogen and oxygen atoms in total. The van der Waals surface area contributed by atoms with E-state index < -0.39 is 5.54 Å². The lowest BCUT2D eigenvalue weighted by atomic mass is 10.0. The molecule has 1 aromatic carbocycles. The van der Waals surface area contributed by atoms with E-state index in [9.17, 15) is 4.79 Å². The van der Waals surface area contributed by atoms with Crippen LogP contribution in [-0.2, 0) is 12.1 Å². The van der Waals surface area contributed by atoms with Crippen molar-refractivity contribution < 1.29 is 9.32 Å². The standard InChI is InChI=1S/C16H23N5O2/c1-10-6-7-11(17)8-12(10)14(22)19-16(2,3)15-18-13(23-20-15)9-21(4)5/h6-8H,9,17H2,1-5H3,(H,19,22). The summed E-state index contributed by atoms with van der Waals surface area (Å²) in [6.45, 7) is 6.07. The number of nitrogens with two attached hydrogens (primary N) is 1. The molecule has 23 heavy (non-hydrogen) atoms. The van der Waals surface area contributed by atoms with Crippen molar-refractivity contribution in [2.75, 3.05) is 19.8 Å². The normalized spacial score (nSPS) is 11.7. The predicted molar refractivity (Wildman–Crippen MR) is 87.8 cm³/mol. The molecule has 0 aliphatic heterocycles. The van der Waals surface area contributed by atoms with Crippen molar-refractivity contribution in [2.24, 2.45) is 0 Å². The fourth-order valence-electron chi connectivity index (χ4n) is 2.13. The molecule has 1 heterocycles. The maximum Gasteiger partial charge on any atom is 0.252 e. The Morgan fingerprint density at radius 2 is 2.09 bits per heavy atom. The monoisotopic (exact) mass is 317 g/mol. The minimum absolute atomic E-state index is 0.223. The molecule has 3 N–H and O–H groups in total. The van der Waals surface area contributed by atoms with Crippen LogP contribution in [0.3, 0.4) is 0 Å². The number of carbonyl (C=O) groups excluding carboxylic acids is 1. The van der Waals surface area contributed by atoms with Gasteiger partial charge in [-0.2, -0.15) is 4.98 Å². The zero-order valence-corrected chi connectivity index (χ0v) is 14.2. The lowest BCUT2D eigenvalue weighted by molar-refractivity contribution is 0.0907. The highest BCUT2D eigenvalue weighted by molar-refractivity contribution is 5.96. The number of benzene rings is 1. The zero-order chi connectivity index (χ0) is 17.2. The number of nitrogens with one attached hydrogen (secondary N) is 1. The van der Waals surface area contributed by atoms with Gasteiger partial charge in [-0.3, -0.25) is 4.79 Å². The minimum Gasteiger partial charge on any atom is -0.399 e. The molecule has 0 aliphatic rings. The summed E-state index contributed by atoms with van der Waals surface area (Å²) >= 11 is 0. The second-order valence-corrected chi connectivity index (χ2v) is 6.40. The quantitative estimate of drug-likeness (QED) is 0.814. The molecule has 7 heteroatoms. The summed E-state index contributed by atoms with van der Waals surface area (Å²) in [5, 5.41) is 6.91. The van der Waals surface area contributed by atoms with Crippen LogP contribution in [0.5, 0.6) is 0 Å². The van der Waals surface area contributed by atoms with Gasteiger partial charge in [-0.1, -0.05) is 11.2 Å². The van der Waals surface area contributed by atoms with Gasteiger partial charge in [0.25, 0.3) is 5.91 Å². The molecule has 0 bridgehead atoms. The third-order valence-corrected chi connectivity index (χ3v) is 3.41. The molecule has 1 amide bonds. The minimum atomic E-state index is -0.762. The van der Waals surface area contributed by atoms with E-state index in [0.717, 1.165) is 5.56 Å². The molecule has 0 unspecified atom stereocenters. The molecule has 1 aromatic heterocycles. The van der Waals surface area contributed by atoms with E-state index in [1.807, 2.05) is 45.8 Å². The van der Waals surface area contributed by atoms with Crippen LogP contribution in [0.25, 0.3) is 0 Å². The molecule has 0 spiro atoms. The summed E-state index contributed by atoms with van der Waals surface area (Å²) in [5.74, 6) is 0.718. The Labute approximate surface area is 135 Å². The molecular formula is C16H23N5O2. The van der Waals surface area contributed by atoms with Gasteiger partial charge in [-0.05, 0) is 52.6 Å². The number of rotatable bonds is 5. The van der Waals surface area contributed by atoms with Crippen LogP contribution < -0.4 is 11.1 Å². The third-order valence-electron chi connectivity index (χ3n) is 3.41. The van der Waals surface area contributed by atoms with Gasteiger partial charge < -0.3 is 20.5 Å². The molecule has 0 radical (unpaired) electrons. The Bertz CT molecular complexity index is 706. The van der Waals surface area contributed by atoms with Gasteiger partial charge >= 0.3 is 0 Å². The summed E-state index contributed by atoms with van der Waals surface area (Å²) in [6, 6.07) is 5.25. The molecule has 0 fully saturated rings. The van der Waals surface area contributed by atoms with Crippen molar-refractivity contribution in [1.82, 2.24) is 20.4 Å². The molecule has 0 atom stereocenters. The van der Waals surface area contributed by atoms with Gasteiger partial charge in [0.1, 0.15) is 0 Å². The Balaban J connectivity index is 2.18. The van der Waals surface area contributed by atoms with Crippen LogP contribution in [0.15, 0.2) is 22.7 Å². The van der Waals surface area contributed by atoms with Crippen molar-refractivity contribution in [2.45, 2.75) is 32.9 Å². The van der Waals surface area contributed by atoms with Crippen molar-refractivity contribution in [3.05, 3.63) is 41.0 Å². The average molecular weight is 317 g/mol. The highest BCUT2D eigenvalue weighted by Gasteiger charge is 2.29. The number of aromatic nitrogens is 2. The van der Waals surface area contributed by atoms with Crippen LogP contribution >= 0.6 is 0 Å². The summed E-state index contributed by atoms with van der Waals surface area (Å²) in [7, 11) is 3.83. The fourth-order valence-corrected chi connectivity index (χ4v) is 2.13. The largest absolute Gasteiger partial charge is 0.399 e. The Morgan fingerprint density at radius 1 is 1.39 bits per heavy atom. The first-order chi connectivity index (χ1) is 10.7. The van der Waals surface area contributed by atoms with E-state index in [-0.39, 0.29) is 5.91 Å². The van der Waals surface area contributed by atoms with E-state index >= 15 is 0 Å². The molecule has 0 saturated heterocycles. The number of hydrogen-bond donors (Lipinski definition) is 2. The molecule has 0 saturated carbocycles. The average Bonchev–Trinajstić information content (AvgIpc) is 2.89. The zero-order valence-electron chi connectivity index (χ0n) is 14.2. The maximum atomic E-state index is 12.5. The Hall–Kier alpha value is -2.41. The number of amides is 1. The number of aryl methyl sites for hydroxylation is 1. The predicted octanol–water partition coefficient (Wildman–Crippen LogP) is 1.69. The van der Waals surface area contributed by atoms with Crippen LogP contribution in [0.2, 0.25) is 0 Å². The first-order valence-electron chi connectivity index (χ1n) is 7.35. The molecular weight excluding hydrogens is 294 g/mol. The van der Waals surface area contributed by atoms with Crippen molar-refractivity contribution >= 4 is 11.6 Å². The summed E-state index contributed by atoms with van der Waals surface area (Å²) < 4.78 is 5.22. The Kier molecular flexibility index (Phi) is 4.70. The van der Waals surface area contributed by atoms with E-state index in [1.165, 1.54) is 0 Å². The number of nitrogens with zero attached hydrogens (tertiary/aromatic N) is 3. The van der Waals surface area contributed by atoms with Crippen LogP contribution in [0.1, 0.15) is 41.5 Å². The highest BCUT2D eigenvalue weighted by atomic mass is 16.5. The Morgan fingerprint density at radius 3 is 2.74 bits per heavy atom. The first kappa shape index (κ1) is 17.0. The number of anilines is 1. The number of hydrogen-bond acceptors (Lipinski definition) is 6. The first-order valence-corrected chi connectivity index (χ1v) is 7.35. The second-order valence-electron chi connectivity index (χ2n) is 6.40. The third kappa shape index (κ3) is 4.07. The second kappa shape index (κ2) is 6.37. The fraction of sp³-hybridized carbons (Fsp3) is 0.438. The molecule has 124 valence electrons. The van der Waals surface area contributed by atoms with Gasteiger partial charge in [0, 0.05) is 11.3 Å². The van der Waals surface area contributed by atoms with E-state index in [2.05, 4.69) is 15.5 Å². The lowest BCUT2D eigenvalue weighted by Crippen LogP contribution is -2.42. The van der Waals surface area contributed by atoms with Crippen LogP contribution in [0.4, 0.5) is 5.69 Å². The maximum absolute atomic E-state index is 12.5. The van der Waals surface area contributed by atoms with Crippen molar-refractivity contribution in [1.29, 1.82) is 0 Å². The van der Waals surface area contributed by atoms with Gasteiger partial charge in [-0.15, -0.1) is 0 Å². The van der Waals surface area contributed by atoms with Gasteiger partial charge in [0.15, 0.2) is 5.82 Å². The smallest absolute Gasteiger partial charge is 0.252 e. The van der Waals surface area contributed by atoms with Gasteiger partial charge in [-0.25, -0.2) is 0 Å². The van der Waals surface area contributed by atoms with E-state index in [4.69, 9.17) is 10.3 Å².